The first kappa shape index (κ1) is 17.9. The Morgan fingerprint density at radius 3 is 2.00 bits per heavy atom. The van der Waals surface area contributed by atoms with Crippen LogP contribution in [0.25, 0.3) is 5.57 Å². The average molecular weight is 343 g/mol. The van der Waals surface area contributed by atoms with Crippen molar-refractivity contribution in [2.45, 2.75) is 6.92 Å². The standard InChI is InChI=1S/C24H27N2/c1-18-7-6-8-21(17-18)24(19-9-13-22(14-10-19)25(2)3)20-11-15-23(16-12-20)26(4)5/h6-17H,1-5H3/q+1. The topological polar surface area (TPSA) is 6.25 Å². The molecule has 0 spiro atoms. The minimum atomic E-state index is 1.21. The Bertz CT molecular complexity index is 901. The van der Waals surface area contributed by atoms with E-state index in [2.05, 4.69) is 117 Å². The van der Waals surface area contributed by atoms with Gasteiger partial charge in [0.2, 0.25) is 0 Å². The minimum Gasteiger partial charge on any atom is -0.378 e. The highest BCUT2D eigenvalue weighted by Gasteiger charge is 2.13. The lowest BCUT2D eigenvalue weighted by Crippen LogP contribution is -2.10. The molecule has 0 heterocycles. The summed E-state index contributed by atoms with van der Waals surface area (Å²) < 4.78 is 2.13. The van der Waals surface area contributed by atoms with E-state index in [0.717, 1.165) is 0 Å². The van der Waals surface area contributed by atoms with Crippen LogP contribution in [0.4, 0.5) is 5.69 Å². The summed E-state index contributed by atoms with van der Waals surface area (Å²) in [4.78, 5) is 2.13. The van der Waals surface area contributed by atoms with Crippen LogP contribution in [0.1, 0.15) is 16.7 Å². The molecule has 0 amide bonds. The van der Waals surface area contributed by atoms with Gasteiger partial charge in [0.15, 0.2) is 5.71 Å². The highest BCUT2D eigenvalue weighted by molar-refractivity contribution is 6.03. The molecule has 1 aliphatic rings. The first-order valence-corrected chi connectivity index (χ1v) is 8.95. The van der Waals surface area contributed by atoms with Crippen LogP contribution in [0, 0.1) is 6.92 Å². The number of aryl methyl sites for hydroxylation is 1. The molecule has 0 radical (unpaired) electrons. The maximum Gasteiger partial charge on any atom is 0.199 e. The maximum absolute atomic E-state index is 2.26. The van der Waals surface area contributed by atoms with Crippen LogP contribution >= 0.6 is 0 Å². The van der Waals surface area contributed by atoms with Crippen LogP contribution in [-0.2, 0) is 0 Å². The van der Waals surface area contributed by atoms with Crippen molar-refractivity contribution in [2.75, 3.05) is 33.1 Å². The van der Waals surface area contributed by atoms with E-state index >= 15 is 0 Å². The fraction of sp³-hybridized carbons (Fsp3) is 0.208. The zero-order chi connectivity index (χ0) is 18.7. The van der Waals surface area contributed by atoms with Gasteiger partial charge in [0.25, 0.3) is 0 Å². The number of hydrogen-bond acceptors (Lipinski definition) is 1. The molecular formula is C24H27N2+. The van der Waals surface area contributed by atoms with Crippen LogP contribution in [0.5, 0.6) is 0 Å². The van der Waals surface area contributed by atoms with E-state index in [-0.39, 0.29) is 0 Å². The molecule has 132 valence electrons. The van der Waals surface area contributed by atoms with E-state index in [4.69, 9.17) is 0 Å². The lowest BCUT2D eigenvalue weighted by Gasteiger charge is -2.17. The van der Waals surface area contributed by atoms with Crippen LogP contribution in [0.15, 0.2) is 78.4 Å². The fourth-order valence-corrected chi connectivity index (χ4v) is 3.15. The molecule has 0 atom stereocenters. The summed E-state index contributed by atoms with van der Waals surface area (Å²) >= 11 is 0. The predicted molar refractivity (Wildman–Crippen MR) is 113 cm³/mol. The third-order valence-corrected chi connectivity index (χ3v) is 4.65. The molecule has 2 nitrogen and oxygen atoms in total. The molecule has 0 N–H and O–H groups in total. The molecule has 3 rings (SSSR count). The highest BCUT2D eigenvalue weighted by atomic mass is 15.1. The normalized spacial score (nSPS) is 13.1. The highest BCUT2D eigenvalue weighted by Crippen LogP contribution is 2.31. The Morgan fingerprint density at radius 2 is 1.46 bits per heavy atom. The Balaban J connectivity index is 2.15. The molecule has 0 aromatic heterocycles. The Labute approximate surface area is 157 Å². The molecule has 0 unspecified atom stereocenters. The van der Waals surface area contributed by atoms with E-state index in [9.17, 15) is 0 Å². The fourth-order valence-electron chi connectivity index (χ4n) is 3.15. The minimum absolute atomic E-state index is 1.21. The largest absolute Gasteiger partial charge is 0.378 e. The van der Waals surface area contributed by atoms with Crippen LogP contribution in [-0.4, -0.2) is 38.5 Å². The predicted octanol–water partition coefficient (Wildman–Crippen LogP) is 4.70. The van der Waals surface area contributed by atoms with Crippen LogP contribution < -0.4 is 4.90 Å². The molecule has 1 aliphatic carbocycles. The van der Waals surface area contributed by atoms with Crippen molar-refractivity contribution < 1.29 is 4.58 Å². The molecule has 2 heteroatoms. The third kappa shape index (κ3) is 3.85. The van der Waals surface area contributed by atoms with E-state index in [0.29, 0.717) is 0 Å². The van der Waals surface area contributed by atoms with E-state index in [1.165, 1.54) is 39.2 Å². The van der Waals surface area contributed by atoms with E-state index in [1.807, 2.05) is 0 Å². The monoisotopic (exact) mass is 343 g/mol. The van der Waals surface area contributed by atoms with Gasteiger partial charge in [-0.2, -0.15) is 0 Å². The zero-order valence-electron chi connectivity index (χ0n) is 16.3. The smallest absolute Gasteiger partial charge is 0.199 e. The average Bonchev–Trinajstić information content (AvgIpc) is 2.63. The molecule has 2 aromatic carbocycles. The number of benzene rings is 2. The summed E-state index contributed by atoms with van der Waals surface area (Å²) in [5.74, 6) is 0. The summed E-state index contributed by atoms with van der Waals surface area (Å²) in [7, 11) is 8.28. The number of rotatable bonds is 3. The van der Waals surface area contributed by atoms with Gasteiger partial charge in [-0.05, 0) is 53.5 Å². The van der Waals surface area contributed by atoms with Gasteiger partial charge in [0.1, 0.15) is 14.1 Å². The second-order valence-corrected chi connectivity index (χ2v) is 7.13. The summed E-state index contributed by atoms with van der Waals surface area (Å²) in [6.07, 6.45) is 8.79. The molecule has 0 aliphatic heterocycles. The molecule has 0 fully saturated rings. The summed E-state index contributed by atoms with van der Waals surface area (Å²) in [5.41, 5.74) is 8.68. The molecular weight excluding hydrogens is 316 g/mol. The first-order chi connectivity index (χ1) is 12.5. The van der Waals surface area contributed by atoms with Gasteiger partial charge in [-0.15, -0.1) is 0 Å². The van der Waals surface area contributed by atoms with Gasteiger partial charge in [0, 0.05) is 31.9 Å². The second kappa shape index (κ2) is 7.57. The SMILES string of the molecule is Cc1cccc(C(=C2C=CC(=[N+](C)C)C=C2)c2ccc(N(C)C)cc2)c1. The second-order valence-electron chi connectivity index (χ2n) is 7.13. The Hall–Kier alpha value is -2.87. The van der Waals surface area contributed by atoms with Crippen molar-refractivity contribution in [3.63, 3.8) is 0 Å². The Morgan fingerprint density at radius 1 is 0.808 bits per heavy atom. The van der Waals surface area contributed by atoms with Gasteiger partial charge in [-0.3, -0.25) is 0 Å². The summed E-state index contributed by atoms with van der Waals surface area (Å²) in [5, 5.41) is 0. The molecule has 2 aromatic rings. The van der Waals surface area contributed by atoms with Gasteiger partial charge in [0.05, 0.1) is 0 Å². The first-order valence-electron chi connectivity index (χ1n) is 8.95. The number of anilines is 1. The molecule has 0 saturated heterocycles. The van der Waals surface area contributed by atoms with Crippen LogP contribution in [0.2, 0.25) is 0 Å². The lowest BCUT2D eigenvalue weighted by atomic mass is 9.90. The van der Waals surface area contributed by atoms with Gasteiger partial charge < -0.3 is 4.90 Å². The number of nitrogens with zero attached hydrogens (tertiary/aromatic N) is 2. The maximum atomic E-state index is 2.26. The summed E-state index contributed by atoms with van der Waals surface area (Å²) in [6, 6.07) is 17.5. The Kier molecular flexibility index (Phi) is 5.22. The number of hydrogen-bond donors (Lipinski definition) is 0. The third-order valence-electron chi connectivity index (χ3n) is 4.65. The van der Waals surface area contributed by atoms with Gasteiger partial charge in [-0.1, -0.05) is 42.0 Å². The quantitative estimate of drug-likeness (QED) is 0.732. The molecule has 26 heavy (non-hydrogen) atoms. The van der Waals surface area contributed by atoms with Crippen molar-refractivity contribution in [3.05, 3.63) is 95.1 Å². The van der Waals surface area contributed by atoms with Crippen molar-refractivity contribution in [1.82, 2.24) is 0 Å². The van der Waals surface area contributed by atoms with Crippen molar-refractivity contribution in [1.29, 1.82) is 0 Å². The number of allylic oxidation sites excluding steroid dienone is 5. The van der Waals surface area contributed by atoms with E-state index in [1.54, 1.807) is 0 Å². The van der Waals surface area contributed by atoms with Crippen molar-refractivity contribution in [2.24, 2.45) is 0 Å². The van der Waals surface area contributed by atoms with Gasteiger partial charge in [-0.25, -0.2) is 4.58 Å². The van der Waals surface area contributed by atoms with E-state index < -0.39 is 0 Å². The summed E-state index contributed by atoms with van der Waals surface area (Å²) in [6.45, 7) is 2.14. The van der Waals surface area contributed by atoms with Crippen LogP contribution in [0.3, 0.4) is 0 Å². The zero-order valence-corrected chi connectivity index (χ0v) is 16.3. The van der Waals surface area contributed by atoms with Crippen molar-refractivity contribution >= 4 is 17.0 Å². The van der Waals surface area contributed by atoms with Gasteiger partial charge >= 0.3 is 0 Å². The van der Waals surface area contributed by atoms with Crippen molar-refractivity contribution in [3.8, 4) is 0 Å². The lowest BCUT2D eigenvalue weighted by molar-refractivity contribution is -0.462. The molecule has 0 bridgehead atoms. The molecule has 0 saturated carbocycles.